The molecule has 0 unspecified atom stereocenters. The highest BCUT2D eigenvalue weighted by atomic mass is 19.1. The molecule has 0 amide bonds. The van der Waals surface area contributed by atoms with Gasteiger partial charge in [0.25, 0.3) is 0 Å². The summed E-state index contributed by atoms with van der Waals surface area (Å²) >= 11 is 0. The van der Waals surface area contributed by atoms with Gasteiger partial charge in [-0.15, -0.1) is 0 Å². The summed E-state index contributed by atoms with van der Waals surface area (Å²) in [5.74, 6) is -0.802. The van der Waals surface area contributed by atoms with Gasteiger partial charge in [-0.25, -0.2) is 14.2 Å². The van der Waals surface area contributed by atoms with Gasteiger partial charge in [-0.1, -0.05) is 48.5 Å². The summed E-state index contributed by atoms with van der Waals surface area (Å²) in [6, 6.07) is 23.8. The zero-order valence-corrected chi connectivity index (χ0v) is 16.3. The maximum Gasteiger partial charge on any atom is 0.335 e. The van der Waals surface area contributed by atoms with E-state index in [1.165, 1.54) is 18.2 Å². The second kappa shape index (κ2) is 9.04. The van der Waals surface area contributed by atoms with Gasteiger partial charge < -0.3 is 15.2 Å². The van der Waals surface area contributed by atoms with Gasteiger partial charge in [0.15, 0.2) is 0 Å². The Morgan fingerprint density at radius 2 is 1.65 bits per heavy atom. The van der Waals surface area contributed by atoms with Crippen molar-refractivity contribution in [2.24, 2.45) is 0 Å². The number of nitrogens with zero attached hydrogens (tertiary/aromatic N) is 2. The Morgan fingerprint density at radius 1 is 0.935 bits per heavy atom. The number of anilines is 2. The van der Waals surface area contributed by atoms with Gasteiger partial charge in [-0.05, 0) is 30.3 Å². The fourth-order valence-corrected chi connectivity index (χ4v) is 2.90. The van der Waals surface area contributed by atoms with Gasteiger partial charge in [0.05, 0.1) is 11.3 Å². The number of halogens is 1. The third-order valence-corrected chi connectivity index (χ3v) is 4.49. The maximum atomic E-state index is 13.9. The lowest BCUT2D eigenvalue weighted by Gasteiger charge is -2.12. The second-order valence-corrected chi connectivity index (χ2v) is 6.67. The molecule has 1 heterocycles. The lowest BCUT2D eigenvalue weighted by atomic mass is 10.1. The van der Waals surface area contributed by atoms with Crippen molar-refractivity contribution in [2.45, 2.75) is 6.61 Å². The highest BCUT2D eigenvalue weighted by molar-refractivity contribution is 5.88. The number of aromatic nitrogens is 2. The van der Waals surface area contributed by atoms with E-state index in [-0.39, 0.29) is 29.8 Å². The van der Waals surface area contributed by atoms with E-state index in [4.69, 9.17) is 9.84 Å². The maximum absolute atomic E-state index is 13.9. The predicted octanol–water partition coefficient (Wildman–Crippen LogP) is 5.30. The normalized spacial score (nSPS) is 10.5. The summed E-state index contributed by atoms with van der Waals surface area (Å²) in [5, 5.41) is 12.1. The average Bonchev–Trinajstić information content (AvgIpc) is 2.79. The monoisotopic (exact) mass is 415 g/mol. The summed E-state index contributed by atoms with van der Waals surface area (Å²) in [5.41, 5.74) is 2.71. The van der Waals surface area contributed by atoms with E-state index in [0.717, 1.165) is 5.56 Å². The van der Waals surface area contributed by atoms with Gasteiger partial charge >= 0.3 is 5.97 Å². The van der Waals surface area contributed by atoms with Crippen molar-refractivity contribution in [1.29, 1.82) is 0 Å². The molecule has 2 N–H and O–H groups in total. The van der Waals surface area contributed by atoms with Crippen LogP contribution in [0.3, 0.4) is 0 Å². The summed E-state index contributed by atoms with van der Waals surface area (Å²) < 4.78 is 19.7. The number of benzene rings is 3. The number of carbonyl (C=O) groups is 1. The standard InChI is InChI=1S/C24H18FN3O3/c25-20-9-5-4-8-18(20)15-31-22-14-21(16-6-2-1-3-7-16)27-24(28-22)26-19-12-10-17(11-13-19)23(29)30/h1-14H,15H2,(H,29,30)(H,26,27,28). The SMILES string of the molecule is O=C(O)c1ccc(Nc2nc(OCc3ccccc3F)cc(-c3ccccc3)n2)cc1. The molecule has 31 heavy (non-hydrogen) atoms. The van der Waals surface area contributed by atoms with Crippen LogP contribution in [0.25, 0.3) is 11.3 Å². The fraction of sp³-hybridized carbons (Fsp3) is 0.0417. The molecule has 7 heteroatoms. The smallest absolute Gasteiger partial charge is 0.335 e. The van der Waals surface area contributed by atoms with E-state index in [0.29, 0.717) is 16.9 Å². The Balaban J connectivity index is 1.63. The minimum absolute atomic E-state index is 0.0185. The minimum atomic E-state index is -1.00. The van der Waals surface area contributed by atoms with Crippen molar-refractivity contribution in [1.82, 2.24) is 9.97 Å². The van der Waals surface area contributed by atoms with Gasteiger partial charge in [-0.2, -0.15) is 4.98 Å². The molecule has 6 nitrogen and oxygen atoms in total. The molecule has 0 bridgehead atoms. The number of ether oxygens (including phenoxy) is 1. The van der Waals surface area contributed by atoms with Crippen LogP contribution in [-0.2, 0) is 6.61 Å². The first-order valence-electron chi connectivity index (χ1n) is 9.49. The summed E-state index contributed by atoms with van der Waals surface area (Å²) in [7, 11) is 0. The first kappa shape index (κ1) is 20.0. The minimum Gasteiger partial charge on any atom is -0.478 e. The van der Waals surface area contributed by atoms with E-state index in [2.05, 4.69) is 15.3 Å². The molecule has 4 rings (SSSR count). The van der Waals surface area contributed by atoms with Crippen molar-refractivity contribution >= 4 is 17.6 Å². The Morgan fingerprint density at radius 3 is 2.35 bits per heavy atom. The van der Waals surface area contributed by atoms with Crippen LogP contribution in [0.4, 0.5) is 16.0 Å². The third-order valence-electron chi connectivity index (χ3n) is 4.49. The fourth-order valence-electron chi connectivity index (χ4n) is 2.90. The van der Waals surface area contributed by atoms with Gasteiger partial charge in [0.1, 0.15) is 12.4 Å². The number of carboxylic acids is 1. The highest BCUT2D eigenvalue weighted by Gasteiger charge is 2.10. The summed E-state index contributed by atoms with van der Waals surface area (Å²) in [6.45, 7) is 0.0185. The zero-order chi connectivity index (χ0) is 21.6. The van der Waals surface area contributed by atoms with Crippen LogP contribution in [-0.4, -0.2) is 21.0 Å². The molecule has 0 aliphatic carbocycles. The number of hydrogen-bond acceptors (Lipinski definition) is 5. The van der Waals surface area contributed by atoms with Crippen LogP contribution in [0.15, 0.2) is 84.9 Å². The predicted molar refractivity (Wildman–Crippen MR) is 115 cm³/mol. The Labute approximate surface area is 178 Å². The summed E-state index contributed by atoms with van der Waals surface area (Å²) in [4.78, 5) is 20.0. The van der Waals surface area contributed by atoms with Gasteiger partial charge in [0, 0.05) is 22.9 Å². The van der Waals surface area contributed by atoms with Gasteiger partial charge in [-0.3, -0.25) is 0 Å². The molecule has 0 aliphatic rings. The van der Waals surface area contributed by atoms with Crippen molar-refractivity contribution in [3.63, 3.8) is 0 Å². The topological polar surface area (TPSA) is 84.3 Å². The first-order valence-corrected chi connectivity index (χ1v) is 9.49. The lowest BCUT2D eigenvalue weighted by Crippen LogP contribution is -2.04. The number of aromatic carboxylic acids is 1. The van der Waals surface area contributed by atoms with Crippen LogP contribution in [0, 0.1) is 5.82 Å². The van der Waals surface area contributed by atoms with E-state index in [1.54, 1.807) is 36.4 Å². The van der Waals surface area contributed by atoms with E-state index in [1.807, 2.05) is 30.3 Å². The number of rotatable bonds is 7. The molecule has 0 saturated heterocycles. The molecule has 3 aromatic carbocycles. The number of hydrogen-bond donors (Lipinski definition) is 2. The van der Waals surface area contributed by atoms with E-state index >= 15 is 0 Å². The second-order valence-electron chi connectivity index (χ2n) is 6.67. The molecule has 0 atom stereocenters. The molecule has 4 aromatic rings. The van der Waals surface area contributed by atoms with Crippen LogP contribution in [0.5, 0.6) is 5.88 Å². The van der Waals surface area contributed by atoms with Crippen molar-refractivity contribution < 1.29 is 19.0 Å². The quantitative estimate of drug-likeness (QED) is 0.426. The Bertz CT molecular complexity index is 1200. The molecule has 0 aliphatic heterocycles. The van der Waals surface area contributed by atoms with Crippen LogP contribution in [0.2, 0.25) is 0 Å². The van der Waals surface area contributed by atoms with E-state index < -0.39 is 5.97 Å². The largest absolute Gasteiger partial charge is 0.478 e. The molecule has 0 radical (unpaired) electrons. The van der Waals surface area contributed by atoms with Crippen molar-refractivity contribution in [3.05, 3.63) is 102 Å². The summed E-state index contributed by atoms with van der Waals surface area (Å²) in [6.07, 6.45) is 0. The van der Waals surface area contributed by atoms with Gasteiger partial charge in [0.2, 0.25) is 11.8 Å². The van der Waals surface area contributed by atoms with Crippen LogP contribution in [0.1, 0.15) is 15.9 Å². The highest BCUT2D eigenvalue weighted by Crippen LogP contribution is 2.25. The molecule has 0 saturated carbocycles. The molecular weight excluding hydrogens is 397 g/mol. The Hall–Kier alpha value is -4.26. The third kappa shape index (κ3) is 5.02. The zero-order valence-electron chi connectivity index (χ0n) is 16.3. The molecule has 0 spiro atoms. The molecular formula is C24H18FN3O3. The molecule has 1 aromatic heterocycles. The van der Waals surface area contributed by atoms with Crippen molar-refractivity contribution in [3.8, 4) is 17.1 Å². The van der Waals surface area contributed by atoms with E-state index in [9.17, 15) is 9.18 Å². The van der Waals surface area contributed by atoms with Crippen LogP contribution >= 0.6 is 0 Å². The molecule has 0 fully saturated rings. The number of carboxylic acid groups (broad SMARTS) is 1. The van der Waals surface area contributed by atoms with Crippen LogP contribution < -0.4 is 10.1 Å². The first-order chi connectivity index (χ1) is 15.1. The lowest BCUT2D eigenvalue weighted by molar-refractivity contribution is 0.0697. The average molecular weight is 415 g/mol. The van der Waals surface area contributed by atoms with Crippen molar-refractivity contribution in [2.75, 3.05) is 5.32 Å². The Kier molecular flexibility index (Phi) is 5.84. The number of nitrogens with one attached hydrogen (secondary N) is 1. The molecule has 154 valence electrons.